The summed E-state index contributed by atoms with van der Waals surface area (Å²) in [7, 11) is 0. The minimum absolute atomic E-state index is 0.191. The van der Waals surface area contributed by atoms with Crippen molar-refractivity contribution in [1.82, 2.24) is 0 Å². The summed E-state index contributed by atoms with van der Waals surface area (Å²) in [6, 6.07) is 5.79. The quantitative estimate of drug-likeness (QED) is 0.166. The van der Waals surface area contributed by atoms with Crippen molar-refractivity contribution in [2.45, 2.75) is 68.7 Å². The molecule has 0 amide bonds. The molecule has 4 N–H and O–H groups in total. The molecule has 11 atom stereocenters. The molecular formula is C26H30O14. The molecule has 1 aliphatic carbocycles. The summed E-state index contributed by atoms with van der Waals surface area (Å²) in [4.78, 5) is 35.8. The number of epoxide rings is 1. The van der Waals surface area contributed by atoms with Crippen LogP contribution in [0.4, 0.5) is 0 Å². The van der Waals surface area contributed by atoms with E-state index in [1.807, 2.05) is 0 Å². The molecule has 3 heterocycles. The summed E-state index contributed by atoms with van der Waals surface area (Å²) in [5.41, 5.74) is -0.972. The van der Waals surface area contributed by atoms with Crippen LogP contribution < -0.4 is 4.74 Å². The van der Waals surface area contributed by atoms with Crippen LogP contribution in [0.25, 0.3) is 0 Å². The maximum atomic E-state index is 13.0. The monoisotopic (exact) mass is 566 g/mol. The number of carbonyl (C=O) groups is 3. The van der Waals surface area contributed by atoms with Gasteiger partial charge in [0.1, 0.15) is 54.6 Å². The van der Waals surface area contributed by atoms with Gasteiger partial charge in [-0.3, -0.25) is 9.59 Å². The molecule has 1 aromatic carbocycles. The van der Waals surface area contributed by atoms with Gasteiger partial charge in [0.2, 0.25) is 6.29 Å². The first-order chi connectivity index (χ1) is 19.1. The first-order valence-electron chi connectivity index (χ1n) is 12.6. The van der Waals surface area contributed by atoms with Gasteiger partial charge in [0.05, 0.1) is 24.4 Å². The number of benzene rings is 1. The van der Waals surface area contributed by atoms with Crippen molar-refractivity contribution in [2.75, 3.05) is 13.2 Å². The lowest BCUT2D eigenvalue weighted by Gasteiger charge is -2.43. The maximum Gasteiger partial charge on any atom is 0.338 e. The summed E-state index contributed by atoms with van der Waals surface area (Å²) in [5.74, 6) is -2.75. The fraction of sp³-hybridized carbons (Fsp3) is 0.577. The van der Waals surface area contributed by atoms with E-state index in [-0.39, 0.29) is 17.9 Å². The van der Waals surface area contributed by atoms with Crippen LogP contribution in [0.3, 0.4) is 0 Å². The van der Waals surface area contributed by atoms with Crippen LogP contribution in [0.2, 0.25) is 0 Å². The van der Waals surface area contributed by atoms with E-state index in [4.69, 9.17) is 33.2 Å². The van der Waals surface area contributed by atoms with Gasteiger partial charge in [-0.2, -0.15) is 0 Å². The summed E-state index contributed by atoms with van der Waals surface area (Å²) >= 11 is 0. The smallest absolute Gasteiger partial charge is 0.338 e. The Morgan fingerprint density at radius 2 is 1.70 bits per heavy atom. The van der Waals surface area contributed by atoms with Crippen LogP contribution in [0.15, 0.2) is 36.6 Å². The molecule has 4 aliphatic rings. The van der Waals surface area contributed by atoms with Crippen LogP contribution in [-0.4, -0.2) is 106 Å². The summed E-state index contributed by atoms with van der Waals surface area (Å²) in [6.07, 6.45) is -7.39. The number of ether oxygens (including phenoxy) is 7. The zero-order chi connectivity index (χ0) is 28.8. The topological polar surface area (TPSA) is 200 Å². The lowest BCUT2D eigenvalue weighted by Crippen LogP contribution is -2.60. The van der Waals surface area contributed by atoms with Crippen LogP contribution in [-0.2, 0) is 38.0 Å². The zero-order valence-electron chi connectivity index (χ0n) is 21.5. The molecule has 40 heavy (non-hydrogen) atoms. The van der Waals surface area contributed by atoms with Crippen molar-refractivity contribution in [3.8, 4) is 5.75 Å². The fourth-order valence-corrected chi connectivity index (χ4v) is 5.50. The zero-order valence-corrected chi connectivity index (χ0v) is 21.5. The molecule has 14 nitrogen and oxygen atoms in total. The molecule has 2 saturated heterocycles. The maximum absolute atomic E-state index is 13.0. The number of aliphatic hydroxyl groups excluding tert-OH is 4. The molecule has 1 saturated carbocycles. The second-order valence-electron chi connectivity index (χ2n) is 10.0. The van der Waals surface area contributed by atoms with E-state index < -0.39 is 91.2 Å². The number of fused-ring (bicyclic) bond motifs is 3. The van der Waals surface area contributed by atoms with Crippen LogP contribution >= 0.6 is 0 Å². The third-order valence-corrected chi connectivity index (χ3v) is 7.45. The molecule has 0 unspecified atom stereocenters. The number of hydrogen-bond donors (Lipinski definition) is 4. The van der Waals surface area contributed by atoms with Crippen molar-refractivity contribution in [2.24, 2.45) is 11.8 Å². The number of hydrogen-bond acceptors (Lipinski definition) is 14. The number of esters is 3. The first kappa shape index (κ1) is 28.4. The van der Waals surface area contributed by atoms with E-state index in [2.05, 4.69) is 0 Å². The van der Waals surface area contributed by atoms with Gasteiger partial charge >= 0.3 is 17.9 Å². The van der Waals surface area contributed by atoms with Gasteiger partial charge in [-0.1, -0.05) is 0 Å². The largest absolute Gasteiger partial charge is 0.472 e. The number of rotatable bonds is 8. The number of aliphatic hydroxyl groups is 4. The van der Waals surface area contributed by atoms with E-state index in [1.54, 1.807) is 6.08 Å². The van der Waals surface area contributed by atoms with Gasteiger partial charge in [0.15, 0.2) is 6.29 Å². The molecule has 5 rings (SSSR count). The molecule has 3 fully saturated rings. The normalized spacial score (nSPS) is 39.4. The Labute approximate surface area is 227 Å². The summed E-state index contributed by atoms with van der Waals surface area (Å²) in [5, 5.41) is 40.2. The molecule has 1 aromatic rings. The van der Waals surface area contributed by atoms with Crippen LogP contribution in [0, 0.1) is 11.8 Å². The first-order valence-corrected chi connectivity index (χ1v) is 12.6. The lowest BCUT2D eigenvalue weighted by molar-refractivity contribution is -0.344. The Morgan fingerprint density at radius 1 is 0.975 bits per heavy atom. The Balaban J connectivity index is 1.36. The van der Waals surface area contributed by atoms with Crippen molar-refractivity contribution >= 4 is 17.9 Å². The molecule has 218 valence electrons. The fourth-order valence-electron chi connectivity index (χ4n) is 5.50. The van der Waals surface area contributed by atoms with Gasteiger partial charge in [-0.25, -0.2) is 4.79 Å². The van der Waals surface area contributed by atoms with Crippen molar-refractivity contribution in [1.29, 1.82) is 0 Å². The molecule has 0 spiro atoms. The highest BCUT2D eigenvalue weighted by molar-refractivity contribution is 5.89. The van der Waals surface area contributed by atoms with E-state index in [0.29, 0.717) is 0 Å². The Hall–Kier alpha value is -3.11. The van der Waals surface area contributed by atoms with Gasteiger partial charge in [-0.15, -0.1) is 0 Å². The van der Waals surface area contributed by atoms with E-state index in [1.165, 1.54) is 44.4 Å². The highest BCUT2D eigenvalue weighted by Gasteiger charge is 2.78. The highest BCUT2D eigenvalue weighted by atomic mass is 16.8. The number of carbonyl (C=O) groups excluding carboxylic acids is 3. The van der Waals surface area contributed by atoms with Crippen molar-refractivity contribution in [3.63, 3.8) is 0 Å². The third-order valence-electron chi connectivity index (χ3n) is 7.45. The molecule has 0 aromatic heterocycles. The molecule has 0 bridgehead atoms. The average molecular weight is 567 g/mol. The molecule has 14 heteroatoms. The standard InChI is InChI=1S/C26H30O14/c1-11(28)35-10-26-17-15(7-8-34-24(17)39-25-20(32)19(31)18(30)16(9-27)37-25)21(22(26)40-26)38-23(33)13-3-5-14(6-4-13)36-12(2)29/h3-8,15-22,24-25,27,30-32H,9-10H2,1-2H3/t15-,16-,17-,18-,19+,20-,21+,22+,24-,25-,26-/m1/s1. The second kappa shape index (κ2) is 11.0. The van der Waals surface area contributed by atoms with E-state index in [9.17, 15) is 34.8 Å². The molecule has 3 aliphatic heterocycles. The second-order valence-corrected chi connectivity index (χ2v) is 10.0. The van der Waals surface area contributed by atoms with Gasteiger partial charge in [0.25, 0.3) is 0 Å². The van der Waals surface area contributed by atoms with Crippen molar-refractivity contribution in [3.05, 3.63) is 42.2 Å². The van der Waals surface area contributed by atoms with E-state index >= 15 is 0 Å². The minimum Gasteiger partial charge on any atom is -0.472 e. The van der Waals surface area contributed by atoms with Gasteiger partial charge in [-0.05, 0) is 30.3 Å². The lowest BCUT2D eigenvalue weighted by atomic mass is 9.85. The SMILES string of the molecule is CC(=O)OC[C@]12O[C@H]1[C@@H](OC(=O)c1ccc(OC(C)=O)cc1)[C@@H]1C=CO[C@H](O[C@H]3O[C@H](CO)[C@@H](O)[C@H](O)[C@H]3O)[C@@H]12. The predicted molar refractivity (Wildman–Crippen MR) is 127 cm³/mol. The van der Waals surface area contributed by atoms with Crippen molar-refractivity contribution < 1.29 is 68.0 Å². The molecular weight excluding hydrogens is 536 g/mol. The van der Waals surface area contributed by atoms with Gasteiger partial charge in [0, 0.05) is 19.8 Å². The highest BCUT2D eigenvalue weighted by Crippen LogP contribution is 2.61. The Morgan fingerprint density at radius 3 is 2.35 bits per heavy atom. The van der Waals surface area contributed by atoms with Gasteiger partial charge < -0.3 is 53.6 Å². The van der Waals surface area contributed by atoms with Crippen LogP contribution in [0.1, 0.15) is 24.2 Å². The molecule has 0 radical (unpaired) electrons. The van der Waals surface area contributed by atoms with E-state index in [0.717, 1.165) is 0 Å². The Bertz CT molecular complexity index is 1150. The Kier molecular flexibility index (Phi) is 7.85. The minimum atomic E-state index is -1.68. The van der Waals surface area contributed by atoms with Crippen LogP contribution in [0.5, 0.6) is 5.75 Å². The summed E-state index contributed by atoms with van der Waals surface area (Å²) in [6.45, 7) is 1.64. The predicted octanol–water partition coefficient (Wildman–Crippen LogP) is -1.23. The third kappa shape index (κ3) is 5.19. The average Bonchev–Trinajstić information content (AvgIpc) is 3.59. The summed E-state index contributed by atoms with van der Waals surface area (Å²) < 4.78 is 39.1.